The Hall–Kier alpha value is -3.41. The lowest BCUT2D eigenvalue weighted by Gasteiger charge is -2.18. The highest BCUT2D eigenvalue weighted by Gasteiger charge is 2.19. The SMILES string of the molecule is CC/C=C\C/C=C\C/C=C\C/C=C\CCCCC(=O)OC[C@H](COC(=O)CCCCCCCCCCCCC/C=C\CCCCCCCC)OC(=O)CCCCCCCCCCC/C=C\C/C=C\CCCCC. The van der Waals surface area contributed by atoms with Gasteiger partial charge in [0.15, 0.2) is 6.10 Å². The summed E-state index contributed by atoms with van der Waals surface area (Å²) in [6, 6.07) is 0. The molecule has 0 saturated carbocycles. The van der Waals surface area contributed by atoms with Gasteiger partial charge in [0.25, 0.3) is 0 Å². The van der Waals surface area contributed by atoms with Gasteiger partial charge in [-0.3, -0.25) is 14.4 Å². The van der Waals surface area contributed by atoms with Crippen LogP contribution >= 0.6 is 0 Å². The van der Waals surface area contributed by atoms with Crippen LogP contribution in [0.25, 0.3) is 0 Å². The van der Waals surface area contributed by atoms with E-state index in [1.54, 1.807) is 0 Å². The van der Waals surface area contributed by atoms with E-state index < -0.39 is 6.10 Å². The summed E-state index contributed by atoms with van der Waals surface area (Å²) in [7, 11) is 0. The van der Waals surface area contributed by atoms with Crippen molar-refractivity contribution in [1.29, 1.82) is 0 Å². The molecular weight excluding hydrogens is 901 g/mol. The zero-order valence-electron chi connectivity index (χ0n) is 48.1. The summed E-state index contributed by atoms with van der Waals surface area (Å²) < 4.78 is 16.9. The second kappa shape index (κ2) is 61.1. The number of carbonyl (C=O) groups excluding carboxylic acids is 3. The van der Waals surface area contributed by atoms with E-state index in [-0.39, 0.29) is 31.1 Å². The topological polar surface area (TPSA) is 78.9 Å². The van der Waals surface area contributed by atoms with Gasteiger partial charge in [-0.2, -0.15) is 0 Å². The van der Waals surface area contributed by atoms with E-state index in [0.29, 0.717) is 19.3 Å². The van der Waals surface area contributed by atoms with Crippen molar-refractivity contribution in [2.75, 3.05) is 13.2 Å². The van der Waals surface area contributed by atoms with Crippen LogP contribution in [-0.4, -0.2) is 37.2 Å². The molecule has 420 valence electrons. The summed E-state index contributed by atoms with van der Waals surface area (Å²) in [6.07, 6.45) is 80.1. The maximum atomic E-state index is 12.9. The quantitative estimate of drug-likeness (QED) is 0.0261. The minimum absolute atomic E-state index is 0.0908. The summed E-state index contributed by atoms with van der Waals surface area (Å²) in [6.45, 7) is 6.49. The molecule has 0 saturated heterocycles. The van der Waals surface area contributed by atoms with Crippen LogP contribution < -0.4 is 0 Å². The Morgan fingerprint density at radius 1 is 0.288 bits per heavy atom. The second-order valence-corrected chi connectivity index (χ2v) is 20.6. The number of carbonyl (C=O) groups is 3. The molecule has 0 aromatic heterocycles. The van der Waals surface area contributed by atoms with Crippen molar-refractivity contribution in [3.05, 3.63) is 85.1 Å². The molecule has 0 aliphatic rings. The Labute approximate surface area is 452 Å². The van der Waals surface area contributed by atoms with E-state index in [9.17, 15) is 14.4 Å². The van der Waals surface area contributed by atoms with E-state index in [2.05, 4.69) is 106 Å². The first-order valence-corrected chi connectivity index (χ1v) is 31.1. The van der Waals surface area contributed by atoms with Gasteiger partial charge in [0, 0.05) is 19.3 Å². The van der Waals surface area contributed by atoms with Gasteiger partial charge in [-0.15, -0.1) is 0 Å². The summed E-state index contributed by atoms with van der Waals surface area (Å²) >= 11 is 0. The molecule has 0 N–H and O–H groups in total. The number of rotatable bonds is 56. The fraction of sp³-hybridized carbons (Fsp3) is 0.746. The molecule has 6 heteroatoms. The van der Waals surface area contributed by atoms with E-state index >= 15 is 0 Å². The van der Waals surface area contributed by atoms with Gasteiger partial charge >= 0.3 is 17.9 Å². The molecule has 1 atom stereocenters. The van der Waals surface area contributed by atoms with Crippen molar-refractivity contribution in [2.24, 2.45) is 0 Å². The highest BCUT2D eigenvalue weighted by atomic mass is 16.6. The van der Waals surface area contributed by atoms with Crippen LogP contribution in [0.15, 0.2) is 85.1 Å². The monoisotopic (exact) mass is 1020 g/mol. The molecule has 0 rings (SSSR count). The third-order valence-electron chi connectivity index (χ3n) is 13.4. The molecule has 0 fully saturated rings. The van der Waals surface area contributed by atoms with Gasteiger partial charge in [-0.1, -0.05) is 254 Å². The smallest absolute Gasteiger partial charge is 0.306 e. The van der Waals surface area contributed by atoms with Crippen LogP contribution in [0.5, 0.6) is 0 Å². The molecular formula is C67H116O6. The maximum Gasteiger partial charge on any atom is 0.306 e. The normalized spacial score (nSPS) is 12.6. The molecule has 0 aliphatic carbocycles. The zero-order chi connectivity index (χ0) is 52.9. The highest BCUT2D eigenvalue weighted by molar-refractivity contribution is 5.71. The van der Waals surface area contributed by atoms with E-state index in [1.807, 2.05) is 0 Å². The molecule has 0 spiro atoms. The minimum atomic E-state index is -0.797. The first-order chi connectivity index (χ1) is 36.0. The summed E-state index contributed by atoms with van der Waals surface area (Å²) in [5, 5.41) is 0. The molecule has 0 aromatic carbocycles. The maximum absolute atomic E-state index is 12.9. The van der Waals surface area contributed by atoms with E-state index in [1.165, 1.54) is 173 Å². The van der Waals surface area contributed by atoms with Crippen molar-refractivity contribution in [2.45, 2.75) is 309 Å². The van der Waals surface area contributed by atoms with Crippen LogP contribution in [0.2, 0.25) is 0 Å². The van der Waals surface area contributed by atoms with Crippen molar-refractivity contribution >= 4 is 17.9 Å². The number of ether oxygens (including phenoxy) is 3. The fourth-order valence-corrected chi connectivity index (χ4v) is 8.69. The third kappa shape index (κ3) is 59.3. The second-order valence-electron chi connectivity index (χ2n) is 20.6. The predicted octanol–water partition coefficient (Wildman–Crippen LogP) is 21.1. The largest absolute Gasteiger partial charge is 0.462 e. The Morgan fingerprint density at radius 3 is 0.904 bits per heavy atom. The van der Waals surface area contributed by atoms with Crippen LogP contribution in [-0.2, 0) is 28.6 Å². The zero-order valence-corrected chi connectivity index (χ0v) is 48.1. The summed E-state index contributed by atoms with van der Waals surface area (Å²) in [5.74, 6) is -0.929. The van der Waals surface area contributed by atoms with Crippen LogP contribution in [0.3, 0.4) is 0 Å². The lowest BCUT2D eigenvalue weighted by Crippen LogP contribution is -2.30. The first-order valence-electron chi connectivity index (χ1n) is 31.1. The van der Waals surface area contributed by atoms with Crippen molar-refractivity contribution < 1.29 is 28.6 Å². The number of hydrogen-bond donors (Lipinski definition) is 0. The van der Waals surface area contributed by atoms with Gasteiger partial charge in [0.05, 0.1) is 0 Å². The average molecular weight is 1020 g/mol. The Kier molecular flexibility index (Phi) is 58.3. The predicted molar refractivity (Wildman–Crippen MR) is 316 cm³/mol. The van der Waals surface area contributed by atoms with Crippen molar-refractivity contribution in [3.63, 3.8) is 0 Å². The standard InChI is InChI=1S/C67H116O6/c1-4-7-10-13-16-19-22-25-28-30-32-33-35-36-39-42-45-48-51-54-57-60-66(69)72-63-64(62-71-65(68)59-56-53-50-47-44-41-38-27-24-21-18-15-12-9-6-3)73-67(70)61-58-55-52-49-46-43-40-37-34-31-29-26-23-20-17-14-11-8-5-2/h9,12,17-18,20-21,25-29,38,44,47,64H,4-8,10-11,13-16,19,22-24,30-37,39-43,45-46,48-63H2,1-3H3/b12-9-,20-17-,21-18-,28-25-,29-26-,38-27-,47-44-/t64-/m1/s1. The molecule has 0 aromatic rings. The summed E-state index contributed by atoms with van der Waals surface area (Å²) in [5.41, 5.74) is 0. The van der Waals surface area contributed by atoms with Gasteiger partial charge < -0.3 is 14.2 Å². The van der Waals surface area contributed by atoms with Gasteiger partial charge in [0.2, 0.25) is 0 Å². The molecule has 6 nitrogen and oxygen atoms in total. The molecule has 0 radical (unpaired) electrons. The molecule has 73 heavy (non-hydrogen) atoms. The highest BCUT2D eigenvalue weighted by Crippen LogP contribution is 2.16. The lowest BCUT2D eigenvalue weighted by molar-refractivity contribution is -0.167. The van der Waals surface area contributed by atoms with E-state index in [4.69, 9.17) is 14.2 Å². The Bertz CT molecular complexity index is 1400. The fourth-order valence-electron chi connectivity index (χ4n) is 8.69. The average Bonchev–Trinajstić information content (AvgIpc) is 3.39. The molecule has 0 amide bonds. The van der Waals surface area contributed by atoms with Crippen LogP contribution in [0.1, 0.15) is 303 Å². The number of allylic oxidation sites excluding steroid dienone is 14. The van der Waals surface area contributed by atoms with Crippen molar-refractivity contribution in [3.8, 4) is 0 Å². The molecule has 0 aliphatic heterocycles. The van der Waals surface area contributed by atoms with Gasteiger partial charge in [-0.25, -0.2) is 0 Å². The molecule has 0 unspecified atom stereocenters. The van der Waals surface area contributed by atoms with Crippen LogP contribution in [0, 0.1) is 0 Å². The molecule has 0 bridgehead atoms. The minimum Gasteiger partial charge on any atom is -0.462 e. The lowest BCUT2D eigenvalue weighted by atomic mass is 10.0. The van der Waals surface area contributed by atoms with Gasteiger partial charge in [-0.05, 0) is 116 Å². The summed E-state index contributed by atoms with van der Waals surface area (Å²) in [4.78, 5) is 38.3. The van der Waals surface area contributed by atoms with Gasteiger partial charge in [0.1, 0.15) is 13.2 Å². The number of hydrogen-bond acceptors (Lipinski definition) is 6. The number of esters is 3. The van der Waals surface area contributed by atoms with Crippen molar-refractivity contribution in [1.82, 2.24) is 0 Å². The third-order valence-corrected chi connectivity index (χ3v) is 13.4. The number of unbranched alkanes of at least 4 members (excludes halogenated alkanes) is 31. The first kappa shape index (κ1) is 69.6. The van der Waals surface area contributed by atoms with Crippen LogP contribution in [0.4, 0.5) is 0 Å². The van der Waals surface area contributed by atoms with E-state index in [0.717, 1.165) is 89.9 Å². The Balaban J connectivity index is 4.40. The Morgan fingerprint density at radius 2 is 0.534 bits per heavy atom. The molecule has 0 heterocycles.